The van der Waals surface area contributed by atoms with Crippen LogP contribution in [0.5, 0.6) is 0 Å². The van der Waals surface area contributed by atoms with Crippen LogP contribution in [0, 0.1) is 5.21 Å². The molecule has 40 valence electrons. The minimum absolute atomic E-state index is 0.0787. The number of thiocarbonyl (C=S) groups is 1. The molecule has 1 fully saturated rings. The first kappa shape index (κ1) is 4.96. The second-order valence-electron chi connectivity index (χ2n) is 1.43. The number of rotatable bonds is 0. The van der Waals surface area contributed by atoms with Gasteiger partial charge in [-0.25, -0.2) is 0 Å². The first-order chi connectivity index (χ1) is 3.30. The fourth-order valence-corrected chi connectivity index (χ4v) is 0.706. The van der Waals surface area contributed by atoms with Crippen LogP contribution < -0.4 is 10.4 Å². The molecule has 0 radical (unpaired) electrons. The van der Waals surface area contributed by atoms with Crippen molar-refractivity contribution in [1.82, 2.24) is 5.32 Å². The van der Waals surface area contributed by atoms with Crippen LogP contribution in [0.15, 0.2) is 0 Å². The van der Waals surface area contributed by atoms with Gasteiger partial charge in [-0.15, -0.1) is 0 Å². The van der Waals surface area contributed by atoms with Gasteiger partial charge in [-0.1, -0.05) is 0 Å². The Bertz CT molecular complexity index is 94.9. The van der Waals surface area contributed by atoms with Crippen LogP contribution in [-0.2, 0) is 0 Å². The van der Waals surface area contributed by atoms with Gasteiger partial charge in [-0.3, -0.25) is 0 Å². The number of hydrogen-bond acceptors (Lipinski definition) is 2. The zero-order valence-electron chi connectivity index (χ0n) is 3.73. The molecule has 1 aliphatic heterocycles. The van der Waals surface area contributed by atoms with E-state index < -0.39 is 0 Å². The maximum absolute atomic E-state index is 10.4. The molecule has 0 aliphatic carbocycles. The van der Waals surface area contributed by atoms with Gasteiger partial charge in [-0.2, -0.15) is 0 Å². The molecule has 1 atom stereocenters. The molecule has 1 heterocycles. The monoisotopic (exact) mass is 118 g/mol. The summed E-state index contributed by atoms with van der Waals surface area (Å²) in [5.74, 6) is 0. The van der Waals surface area contributed by atoms with E-state index in [4.69, 9.17) is 0 Å². The summed E-state index contributed by atoms with van der Waals surface area (Å²) in [6, 6.07) is 0. The number of hydroxylamine groups is 2. The molecule has 0 bridgehead atoms. The van der Waals surface area contributed by atoms with Gasteiger partial charge < -0.3 is 15.6 Å². The first-order valence-corrected chi connectivity index (χ1v) is 2.52. The smallest absolute Gasteiger partial charge is 0.268 e. The Morgan fingerprint density at radius 1 is 1.86 bits per heavy atom. The van der Waals surface area contributed by atoms with Gasteiger partial charge in [-0.05, 0) is 0 Å². The fourth-order valence-electron chi connectivity index (χ4n) is 0.502. The van der Waals surface area contributed by atoms with Crippen molar-refractivity contribution < 1.29 is 5.06 Å². The Labute approximate surface area is 46.9 Å². The van der Waals surface area contributed by atoms with E-state index >= 15 is 0 Å². The molecule has 0 aromatic carbocycles. The second-order valence-corrected chi connectivity index (χ2v) is 1.84. The molecule has 1 saturated heterocycles. The molecular weight excluding hydrogens is 112 g/mol. The quantitative estimate of drug-likeness (QED) is 0.293. The first-order valence-electron chi connectivity index (χ1n) is 2.12. The van der Waals surface area contributed by atoms with E-state index in [2.05, 4.69) is 17.5 Å². The summed E-state index contributed by atoms with van der Waals surface area (Å²) in [7, 11) is 0. The fraction of sp³-hybridized carbons (Fsp3) is 0.667. The standard InChI is InChI=1S/C3H6N2OS/c6-5-2-1-4-3(5)7/h5H,1-2H2,(H,4,7). The van der Waals surface area contributed by atoms with Crippen LogP contribution in [0.3, 0.4) is 0 Å². The van der Waals surface area contributed by atoms with Crippen LogP contribution in [-0.4, -0.2) is 18.2 Å². The highest BCUT2D eigenvalue weighted by atomic mass is 32.1. The predicted octanol–water partition coefficient (Wildman–Crippen LogP) is -1.74. The average Bonchev–Trinajstić information content (AvgIpc) is 1.91. The third-order valence-corrected chi connectivity index (χ3v) is 1.26. The van der Waals surface area contributed by atoms with Gasteiger partial charge in [0.1, 0.15) is 6.54 Å². The number of hydrogen-bond donors (Lipinski definition) is 2. The third-order valence-electron chi connectivity index (χ3n) is 0.891. The van der Waals surface area contributed by atoms with Crippen LogP contribution >= 0.6 is 12.2 Å². The molecule has 1 aliphatic rings. The SMILES string of the molecule is [O-][NH+]1CCNC1=S. The van der Waals surface area contributed by atoms with Crippen LogP contribution in [0.1, 0.15) is 0 Å². The minimum Gasteiger partial charge on any atom is -0.627 e. The lowest BCUT2D eigenvalue weighted by Gasteiger charge is -2.10. The van der Waals surface area contributed by atoms with Gasteiger partial charge in [0.25, 0.3) is 5.11 Å². The summed E-state index contributed by atoms with van der Waals surface area (Å²) >= 11 is 4.58. The summed E-state index contributed by atoms with van der Waals surface area (Å²) in [4.78, 5) is 0. The molecule has 4 heteroatoms. The molecule has 7 heavy (non-hydrogen) atoms. The van der Waals surface area contributed by atoms with E-state index in [9.17, 15) is 5.21 Å². The lowest BCUT2D eigenvalue weighted by molar-refractivity contribution is -0.735. The Balaban J connectivity index is 2.48. The van der Waals surface area contributed by atoms with E-state index in [0.717, 1.165) is 6.54 Å². The Kier molecular flexibility index (Phi) is 1.23. The highest BCUT2D eigenvalue weighted by Crippen LogP contribution is 1.64. The Morgan fingerprint density at radius 3 is 2.71 bits per heavy atom. The summed E-state index contributed by atoms with van der Waals surface area (Å²) in [5, 5.41) is 13.6. The summed E-state index contributed by atoms with van der Waals surface area (Å²) in [5.41, 5.74) is 0. The van der Waals surface area contributed by atoms with E-state index in [0.29, 0.717) is 11.7 Å². The van der Waals surface area contributed by atoms with Crippen molar-refractivity contribution in [2.45, 2.75) is 0 Å². The summed E-state index contributed by atoms with van der Waals surface area (Å²) < 4.78 is 0. The van der Waals surface area contributed by atoms with Gasteiger partial charge in [0.05, 0.1) is 6.54 Å². The summed E-state index contributed by atoms with van der Waals surface area (Å²) in [6.45, 7) is 1.32. The number of quaternary nitrogens is 1. The molecule has 0 spiro atoms. The van der Waals surface area contributed by atoms with Crippen molar-refractivity contribution in [1.29, 1.82) is 0 Å². The molecule has 0 aromatic rings. The predicted molar refractivity (Wildman–Crippen MR) is 29.8 cm³/mol. The van der Waals surface area contributed by atoms with Crippen molar-refractivity contribution in [2.75, 3.05) is 13.1 Å². The largest absolute Gasteiger partial charge is 0.627 e. The molecule has 0 saturated carbocycles. The second kappa shape index (κ2) is 1.73. The molecule has 0 aromatic heterocycles. The van der Waals surface area contributed by atoms with Crippen molar-refractivity contribution in [3.63, 3.8) is 0 Å². The van der Waals surface area contributed by atoms with Crippen LogP contribution in [0.25, 0.3) is 0 Å². The topological polar surface area (TPSA) is 39.5 Å². The van der Waals surface area contributed by atoms with Crippen molar-refractivity contribution >= 4 is 17.3 Å². The number of nitrogens with one attached hydrogen (secondary N) is 2. The maximum Gasteiger partial charge on any atom is 0.268 e. The molecule has 3 nitrogen and oxygen atoms in total. The minimum atomic E-state index is 0.0787. The average molecular weight is 118 g/mol. The molecule has 1 unspecified atom stereocenters. The third kappa shape index (κ3) is 0.876. The Hall–Kier alpha value is -0.190. The van der Waals surface area contributed by atoms with Gasteiger partial charge in [0, 0.05) is 12.2 Å². The van der Waals surface area contributed by atoms with Crippen LogP contribution in [0.2, 0.25) is 0 Å². The van der Waals surface area contributed by atoms with Gasteiger partial charge >= 0.3 is 0 Å². The zero-order valence-corrected chi connectivity index (χ0v) is 4.55. The van der Waals surface area contributed by atoms with Gasteiger partial charge in [0.15, 0.2) is 0 Å². The van der Waals surface area contributed by atoms with E-state index in [-0.39, 0.29) is 5.06 Å². The van der Waals surface area contributed by atoms with E-state index in [1.807, 2.05) is 0 Å². The lowest BCUT2D eigenvalue weighted by Crippen LogP contribution is -3.08. The van der Waals surface area contributed by atoms with Crippen molar-refractivity contribution in [3.05, 3.63) is 5.21 Å². The lowest BCUT2D eigenvalue weighted by atomic mass is 10.7. The normalized spacial score (nSPS) is 30.4. The van der Waals surface area contributed by atoms with Gasteiger partial charge in [0.2, 0.25) is 0 Å². The Morgan fingerprint density at radius 2 is 2.57 bits per heavy atom. The highest BCUT2D eigenvalue weighted by Gasteiger charge is 2.11. The van der Waals surface area contributed by atoms with Crippen molar-refractivity contribution in [3.8, 4) is 0 Å². The molecule has 0 amide bonds. The summed E-state index contributed by atoms with van der Waals surface area (Å²) in [6.07, 6.45) is 0. The van der Waals surface area contributed by atoms with E-state index in [1.54, 1.807) is 0 Å². The van der Waals surface area contributed by atoms with Crippen molar-refractivity contribution in [2.24, 2.45) is 0 Å². The maximum atomic E-state index is 10.4. The van der Waals surface area contributed by atoms with E-state index in [1.165, 1.54) is 0 Å². The molecule has 2 N–H and O–H groups in total. The van der Waals surface area contributed by atoms with Crippen LogP contribution in [0.4, 0.5) is 0 Å². The highest BCUT2D eigenvalue weighted by molar-refractivity contribution is 7.79. The molecule has 1 rings (SSSR count). The zero-order chi connectivity index (χ0) is 5.28. The molecular formula is C3H6N2OS.